The number of quaternary nitrogens is 1. The van der Waals surface area contributed by atoms with Crippen LogP contribution >= 0.6 is 0 Å². The van der Waals surface area contributed by atoms with Gasteiger partial charge >= 0.3 is 12.1 Å². The van der Waals surface area contributed by atoms with Gasteiger partial charge < -0.3 is 48.4 Å². The Morgan fingerprint density at radius 1 is 0.911 bits per heavy atom. The highest BCUT2D eigenvalue weighted by Gasteiger charge is 2.44. The van der Waals surface area contributed by atoms with Gasteiger partial charge in [-0.3, -0.25) is 5.32 Å². The lowest BCUT2D eigenvalue weighted by Gasteiger charge is -2.39. The summed E-state index contributed by atoms with van der Waals surface area (Å²) in [7, 11) is 7.78. The first-order valence-electron chi connectivity index (χ1n) is 18.6. The van der Waals surface area contributed by atoms with Crippen LogP contribution in [0.3, 0.4) is 0 Å². The molecule has 1 fully saturated rings. The van der Waals surface area contributed by atoms with E-state index in [2.05, 4.69) is 62.2 Å². The molecule has 1 aliphatic heterocycles. The number of aliphatic hydroxyl groups is 4. The highest BCUT2D eigenvalue weighted by Crippen LogP contribution is 2.33. The number of imidazole rings is 1. The van der Waals surface area contributed by atoms with Gasteiger partial charge in [-0.25, -0.2) is 19.6 Å². The molecular formula is C41H50N5O10+. The van der Waals surface area contributed by atoms with Crippen LogP contribution in [-0.2, 0) is 40.3 Å². The Bertz CT molecular complexity index is 2150. The molecule has 5 N–H and O–H groups in total. The van der Waals surface area contributed by atoms with E-state index in [1.165, 1.54) is 12.7 Å². The summed E-state index contributed by atoms with van der Waals surface area (Å²) in [4.78, 5) is 35.7. The number of hydrogen-bond donors (Lipinski definition) is 5. The molecule has 0 bridgehead atoms. The molecule has 5 atom stereocenters. The molecule has 15 heteroatoms. The summed E-state index contributed by atoms with van der Waals surface area (Å²) in [5, 5.41) is 43.4. The van der Waals surface area contributed by atoms with E-state index in [9.17, 15) is 30.0 Å². The van der Waals surface area contributed by atoms with Crippen LogP contribution in [0.25, 0.3) is 21.9 Å². The summed E-state index contributed by atoms with van der Waals surface area (Å²) >= 11 is 0. The van der Waals surface area contributed by atoms with Crippen LogP contribution in [0.15, 0.2) is 66.7 Å². The zero-order valence-corrected chi connectivity index (χ0v) is 32.2. The normalized spacial score (nSPS) is 19.9. The molecular weight excluding hydrogens is 722 g/mol. The number of aliphatic hydroxyl groups excluding tert-OH is 4. The van der Waals surface area contributed by atoms with E-state index in [4.69, 9.17) is 28.9 Å². The first-order valence-corrected chi connectivity index (χ1v) is 18.6. The van der Waals surface area contributed by atoms with Gasteiger partial charge in [-0.15, -0.1) is 0 Å². The van der Waals surface area contributed by atoms with E-state index >= 15 is 0 Å². The van der Waals surface area contributed by atoms with E-state index < -0.39 is 49.4 Å². The number of nitrogens with one attached hydrogen (secondary N) is 1. The predicted molar refractivity (Wildman–Crippen MR) is 207 cm³/mol. The molecule has 0 radical (unpaired) electrons. The van der Waals surface area contributed by atoms with Crippen molar-refractivity contribution < 1.29 is 53.4 Å². The molecule has 298 valence electrons. The maximum absolute atomic E-state index is 13.3. The maximum Gasteiger partial charge on any atom is 0.413 e. The SMILES string of the molecule is CCCCc1nc2c(NC(=O)OCc3ccc(OC4OC(CO)C(O)C(O)C4O)cc3)nc3cc(C(=O)OC)ccc3c2n1Cc1ccc(C[N+](C)(C)C)cc1. The molecule has 5 aromatic rings. The number of amides is 1. The fraction of sp³-hybridized carbons (Fsp3) is 0.415. The highest BCUT2D eigenvalue weighted by atomic mass is 16.7. The molecule has 56 heavy (non-hydrogen) atoms. The van der Waals surface area contributed by atoms with E-state index in [1.807, 2.05) is 6.07 Å². The lowest BCUT2D eigenvalue weighted by molar-refractivity contribution is -0.884. The van der Waals surface area contributed by atoms with Crippen LogP contribution in [0.2, 0.25) is 0 Å². The number of nitrogens with zero attached hydrogens (tertiary/aromatic N) is 4. The Morgan fingerprint density at radius 3 is 2.27 bits per heavy atom. The maximum atomic E-state index is 13.3. The number of carbonyl (C=O) groups excluding carboxylic acids is 2. The number of hydrogen-bond acceptors (Lipinski definition) is 12. The molecule has 0 spiro atoms. The topological polar surface area (TPSA) is 195 Å². The van der Waals surface area contributed by atoms with E-state index in [-0.39, 0.29) is 18.2 Å². The first-order chi connectivity index (χ1) is 26.8. The number of unbranched alkanes of at least 4 members (excludes halogenated alkanes) is 1. The molecule has 0 aliphatic carbocycles. The van der Waals surface area contributed by atoms with Crippen molar-refractivity contribution in [2.75, 3.05) is 40.2 Å². The molecule has 1 saturated heterocycles. The Kier molecular flexibility index (Phi) is 12.5. The van der Waals surface area contributed by atoms with Crippen molar-refractivity contribution in [3.63, 3.8) is 0 Å². The fourth-order valence-corrected chi connectivity index (χ4v) is 6.69. The number of aromatic nitrogens is 3. The molecule has 3 heterocycles. The van der Waals surface area contributed by atoms with Crippen molar-refractivity contribution in [3.05, 3.63) is 94.8 Å². The predicted octanol–water partition coefficient (Wildman–Crippen LogP) is 3.90. The molecule has 1 aliphatic rings. The van der Waals surface area contributed by atoms with Crippen molar-refractivity contribution in [2.45, 2.75) is 76.6 Å². The molecule has 2 aromatic heterocycles. The Hall–Kier alpha value is -5.16. The van der Waals surface area contributed by atoms with Gasteiger partial charge in [0.15, 0.2) is 5.82 Å². The Balaban J connectivity index is 1.25. The van der Waals surface area contributed by atoms with Gasteiger partial charge in [0.25, 0.3) is 0 Å². The Labute approximate surface area is 324 Å². The van der Waals surface area contributed by atoms with Crippen LogP contribution < -0.4 is 10.1 Å². The zero-order valence-electron chi connectivity index (χ0n) is 32.2. The number of aryl methyl sites for hydroxylation is 1. The van der Waals surface area contributed by atoms with Gasteiger partial charge in [-0.1, -0.05) is 49.7 Å². The van der Waals surface area contributed by atoms with Gasteiger partial charge in [0.2, 0.25) is 6.29 Å². The van der Waals surface area contributed by atoms with Gasteiger partial charge in [-0.05, 0) is 47.9 Å². The average molecular weight is 773 g/mol. The molecule has 1 amide bonds. The minimum Gasteiger partial charge on any atom is -0.465 e. The molecule has 3 aromatic carbocycles. The number of fused-ring (bicyclic) bond motifs is 3. The van der Waals surface area contributed by atoms with Crippen molar-refractivity contribution in [2.24, 2.45) is 0 Å². The van der Waals surface area contributed by atoms with E-state index in [0.717, 1.165) is 46.2 Å². The second kappa shape index (κ2) is 17.3. The minimum atomic E-state index is -1.57. The zero-order chi connectivity index (χ0) is 40.1. The van der Waals surface area contributed by atoms with Crippen LogP contribution in [0.5, 0.6) is 5.75 Å². The fourth-order valence-electron chi connectivity index (χ4n) is 6.69. The number of anilines is 1. The number of carbonyl (C=O) groups is 2. The van der Waals surface area contributed by atoms with E-state index in [1.54, 1.807) is 36.4 Å². The van der Waals surface area contributed by atoms with Crippen molar-refractivity contribution in [1.82, 2.24) is 14.5 Å². The molecule has 0 saturated carbocycles. The summed E-state index contributed by atoms with van der Waals surface area (Å²) in [6.07, 6.45) is -5.28. The van der Waals surface area contributed by atoms with Crippen molar-refractivity contribution in [3.8, 4) is 5.75 Å². The van der Waals surface area contributed by atoms with Crippen LogP contribution in [-0.4, -0.2) is 117 Å². The van der Waals surface area contributed by atoms with Crippen LogP contribution in [0, 0.1) is 0 Å². The summed E-state index contributed by atoms with van der Waals surface area (Å²) in [6, 6.07) is 20.1. The monoisotopic (exact) mass is 772 g/mol. The largest absolute Gasteiger partial charge is 0.465 e. The molecule has 15 nitrogen and oxygen atoms in total. The van der Waals surface area contributed by atoms with Gasteiger partial charge in [0.05, 0.1) is 51.5 Å². The second-order valence-corrected chi connectivity index (χ2v) is 15.0. The number of rotatable bonds is 14. The Morgan fingerprint density at radius 2 is 1.61 bits per heavy atom. The summed E-state index contributed by atoms with van der Waals surface area (Å²) in [5.41, 5.74) is 4.95. The lowest BCUT2D eigenvalue weighted by atomic mass is 9.99. The molecule has 6 rings (SSSR count). The summed E-state index contributed by atoms with van der Waals surface area (Å²) in [6.45, 7) is 2.85. The van der Waals surface area contributed by atoms with Gasteiger partial charge in [0, 0.05) is 23.9 Å². The van der Waals surface area contributed by atoms with Crippen LogP contribution in [0.1, 0.15) is 52.6 Å². The van der Waals surface area contributed by atoms with Crippen molar-refractivity contribution >= 4 is 39.8 Å². The second-order valence-electron chi connectivity index (χ2n) is 15.0. The smallest absolute Gasteiger partial charge is 0.413 e. The average Bonchev–Trinajstić information content (AvgIpc) is 3.54. The standard InChI is InChI=1S/C41H49N5O10/c1-6-7-8-32-43-33-34(45(32)20-24-9-11-25(12-10-24)21-46(2,3)4)29-18-15-27(39(51)53-5)19-30(29)42-38(33)44-41(52)54-23-26-13-16-28(17-14-26)55-40-37(50)36(49)35(48)31(22-47)56-40/h9-19,31,35-37,40,47-50H,6-8,20-23H2,1-5H3/p+1. The third-order valence-corrected chi connectivity index (χ3v) is 9.57. The van der Waals surface area contributed by atoms with Crippen molar-refractivity contribution in [1.29, 1.82) is 0 Å². The lowest BCUT2D eigenvalue weighted by Crippen LogP contribution is -2.60. The quantitative estimate of drug-likeness (QED) is 0.0809. The number of esters is 1. The van der Waals surface area contributed by atoms with E-state index in [0.29, 0.717) is 35.1 Å². The third kappa shape index (κ3) is 9.26. The minimum absolute atomic E-state index is 0.115. The van der Waals surface area contributed by atoms with Gasteiger partial charge in [0.1, 0.15) is 54.7 Å². The number of ether oxygens (including phenoxy) is 4. The first kappa shape index (κ1) is 40.5. The number of benzene rings is 3. The summed E-state index contributed by atoms with van der Waals surface area (Å²) in [5.74, 6) is 0.772. The highest BCUT2D eigenvalue weighted by molar-refractivity contribution is 6.10. The van der Waals surface area contributed by atoms with Gasteiger partial charge in [-0.2, -0.15) is 0 Å². The number of pyridine rings is 1. The van der Waals surface area contributed by atoms with Crippen LogP contribution in [0.4, 0.5) is 10.6 Å². The number of methoxy groups -OCH3 is 1. The summed E-state index contributed by atoms with van der Waals surface area (Å²) < 4.78 is 24.6. The molecule has 5 unspecified atom stereocenters. The third-order valence-electron chi connectivity index (χ3n) is 9.57.